The van der Waals surface area contributed by atoms with Crippen LogP contribution in [0.25, 0.3) is 127 Å². The molecule has 0 fully saturated rings. The van der Waals surface area contributed by atoms with Crippen molar-refractivity contribution in [3.8, 4) is 62.1 Å². The summed E-state index contributed by atoms with van der Waals surface area (Å²) < 4.78 is 9.12. The lowest BCUT2D eigenvalue weighted by Gasteiger charge is -2.15. The van der Waals surface area contributed by atoms with Crippen molar-refractivity contribution in [1.29, 1.82) is 0 Å². The Morgan fingerprint density at radius 3 is 1.49 bits per heavy atom. The van der Waals surface area contributed by atoms with Gasteiger partial charge in [-0.3, -0.25) is 4.57 Å². The predicted molar refractivity (Wildman–Crippen MR) is 280 cm³/mol. The lowest BCUT2D eigenvalue weighted by molar-refractivity contribution is 0.670. The molecule has 0 atom stereocenters. The molecule has 0 bridgehead atoms. The molecule has 0 unspecified atom stereocenters. The van der Waals surface area contributed by atoms with Gasteiger partial charge in [-0.05, 0) is 68.1 Å². The first-order valence-corrected chi connectivity index (χ1v) is 23.0. The fourth-order valence-corrected chi connectivity index (χ4v) is 9.56. The maximum Gasteiger partial charge on any atom is 0.238 e. The van der Waals surface area contributed by atoms with E-state index in [1.54, 1.807) is 0 Å². The Balaban J connectivity index is 0.00000152. The first-order valence-electron chi connectivity index (χ1n) is 23.0. The summed E-state index contributed by atoms with van der Waals surface area (Å²) in [6.07, 6.45) is 1.25. The number of fused-ring (bicyclic) bond motifs is 8. The second-order valence-corrected chi connectivity index (χ2v) is 17.1. The lowest BCUT2D eigenvalue weighted by atomic mass is 9.93. The third-order valence-electron chi connectivity index (χ3n) is 12.6. The van der Waals surface area contributed by atoms with E-state index in [0.717, 1.165) is 104 Å². The van der Waals surface area contributed by atoms with Crippen LogP contribution in [0.2, 0.25) is 0 Å². The fraction of sp³-hybridized carbons (Fsp3) is 0.0484. The van der Waals surface area contributed by atoms with Gasteiger partial charge in [0, 0.05) is 43.8 Å². The van der Waals surface area contributed by atoms with Gasteiger partial charge in [-0.1, -0.05) is 214 Å². The third kappa shape index (κ3) is 7.00. The van der Waals surface area contributed by atoms with Gasteiger partial charge in [0.25, 0.3) is 0 Å². The molecule has 13 aromatic rings. The molecular formula is C62H44N4O. The van der Waals surface area contributed by atoms with Crippen LogP contribution in [0.4, 0.5) is 0 Å². The average molecular weight is 861 g/mol. The van der Waals surface area contributed by atoms with Crippen LogP contribution in [-0.4, -0.2) is 19.5 Å². The number of rotatable bonds is 6. The summed E-state index contributed by atoms with van der Waals surface area (Å²) in [6, 6.07) is 76.9. The molecule has 13 rings (SSSR count). The van der Waals surface area contributed by atoms with Crippen LogP contribution in [0.15, 0.2) is 223 Å². The van der Waals surface area contributed by atoms with Crippen LogP contribution in [0.1, 0.15) is 20.3 Å². The molecule has 0 aliphatic heterocycles. The molecule has 10 aromatic carbocycles. The summed E-state index contributed by atoms with van der Waals surface area (Å²) >= 11 is 0. The van der Waals surface area contributed by atoms with E-state index in [9.17, 15) is 0 Å². The molecule has 3 heterocycles. The largest absolute Gasteiger partial charge is 0.455 e. The van der Waals surface area contributed by atoms with E-state index in [1.165, 1.54) is 11.8 Å². The SMILES string of the molecule is CCC.c1ccc(-c2ccc(-c3nc(-c4ccc(-c5ccccc5)cc4)nc(-n4c5cc6ccccc6cc5c5cccc(-c6c7ccccc7cc7c6oc6ccccc67)c54)n3)cc2)cc1. The predicted octanol–water partition coefficient (Wildman–Crippen LogP) is 16.9. The Labute approximate surface area is 388 Å². The van der Waals surface area contributed by atoms with Crippen LogP contribution < -0.4 is 0 Å². The second-order valence-electron chi connectivity index (χ2n) is 17.1. The maximum absolute atomic E-state index is 6.86. The van der Waals surface area contributed by atoms with Crippen molar-refractivity contribution in [2.75, 3.05) is 0 Å². The van der Waals surface area contributed by atoms with Crippen LogP contribution in [0.3, 0.4) is 0 Å². The molecule has 0 N–H and O–H groups in total. The van der Waals surface area contributed by atoms with Gasteiger partial charge in [0.1, 0.15) is 11.2 Å². The number of nitrogens with zero attached hydrogens (tertiary/aromatic N) is 4. The molecule has 0 saturated carbocycles. The quantitative estimate of drug-likeness (QED) is 0.167. The van der Waals surface area contributed by atoms with Crippen LogP contribution in [-0.2, 0) is 0 Å². The number of furan rings is 1. The molecule has 5 heteroatoms. The van der Waals surface area contributed by atoms with E-state index in [-0.39, 0.29) is 0 Å². The molecule has 0 amide bonds. The Bertz CT molecular complexity index is 3840. The van der Waals surface area contributed by atoms with Gasteiger partial charge in [-0.25, -0.2) is 4.98 Å². The highest BCUT2D eigenvalue weighted by Crippen LogP contribution is 2.46. The molecule has 5 nitrogen and oxygen atoms in total. The zero-order valence-corrected chi connectivity index (χ0v) is 37.2. The zero-order valence-electron chi connectivity index (χ0n) is 37.2. The molecule has 318 valence electrons. The molecule has 0 saturated heterocycles. The minimum absolute atomic E-state index is 0.531. The van der Waals surface area contributed by atoms with Gasteiger partial charge >= 0.3 is 0 Å². The number of hydrogen-bond donors (Lipinski definition) is 0. The summed E-state index contributed by atoms with van der Waals surface area (Å²) in [5, 5.41) is 8.93. The summed E-state index contributed by atoms with van der Waals surface area (Å²) in [5.74, 6) is 1.71. The van der Waals surface area contributed by atoms with Gasteiger partial charge in [-0.2, -0.15) is 9.97 Å². The van der Waals surface area contributed by atoms with Crippen molar-refractivity contribution in [2.45, 2.75) is 20.3 Å². The summed E-state index contributed by atoms with van der Waals surface area (Å²) in [4.78, 5) is 16.1. The standard InChI is InChI=1S/C59H36N4O.C3H8/c1-3-14-37(15-4-1)39-26-30-41(31-27-39)57-60-58(42-32-28-40(29-33-42)38-16-5-2-6-17-38)62-59(61-57)63-52-36-44-19-8-7-18-43(44)34-50(52)48-23-13-24-49(55(48)63)54-46-21-10-9-20-45(46)35-51-47-22-11-12-25-53(47)64-56(51)54;1-3-2/h1-36H;3H2,1-2H3. The highest BCUT2D eigenvalue weighted by molar-refractivity contribution is 6.23. The van der Waals surface area contributed by atoms with Crippen molar-refractivity contribution in [3.05, 3.63) is 218 Å². The van der Waals surface area contributed by atoms with Gasteiger partial charge in [-0.15, -0.1) is 0 Å². The van der Waals surface area contributed by atoms with E-state index in [0.29, 0.717) is 17.6 Å². The monoisotopic (exact) mass is 860 g/mol. The maximum atomic E-state index is 6.86. The molecular weight excluding hydrogens is 817 g/mol. The van der Waals surface area contributed by atoms with Crippen molar-refractivity contribution in [2.24, 2.45) is 0 Å². The highest BCUT2D eigenvalue weighted by atomic mass is 16.3. The zero-order chi connectivity index (χ0) is 44.8. The Kier molecular flexibility index (Phi) is 9.95. The van der Waals surface area contributed by atoms with E-state index >= 15 is 0 Å². The number of para-hydroxylation sites is 2. The molecule has 3 aromatic heterocycles. The topological polar surface area (TPSA) is 56.7 Å². The van der Waals surface area contributed by atoms with Gasteiger partial charge in [0.15, 0.2) is 11.6 Å². The lowest BCUT2D eigenvalue weighted by Crippen LogP contribution is -2.07. The average Bonchev–Trinajstić information content (AvgIpc) is 3.93. The van der Waals surface area contributed by atoms with Gasteiger partial charge in [0.05, 0.1) is 11.0 Å². The number of benzene rings is 10. The van der Waals surface area contributed by atoms with Gasteiger partial charge < -0.3 is 4.42 Å². The van der Waals surface area contributed by atoms with Crippen LogP contribution in [0, 0.1) is 0 Å². The summed E-state index contributed by atoms with van der Waals surface area (Å²) in [7, 11) is 0. The Hall–Kier alpha value is -8.67. The molecule has 0 spiro atoms. The Morgan fingerprint density at radius 1 is 0.388 bits per heavy atom. The van der Waals surface area contributed by atoms with E-state index in [4.69, 9.17) is 19.4 Å². The van der Waals surface area contributed by atoms with Crippen LogP contribution in [0.5, 0.6) is 0 Å². The van der Waals surface area contributed by atoms with E-state index < -0.39 is 0 Å². The normalized spacial score (nSPS) is 11.5. The fourth-order valence-electron chi connectivity index (χ4n) is 9.56. The van der Waals surface area contributed by atoms with Crippen molar-refractivity contribution < 1.29 is 4.42 Å². The molecule has 67 heavy (non-hydrogen) atoms. The van der Waals surface area contributed by atoms with E-state index in [2.05, 4.69) is 219 Å². The molecule has 0 aliphatic carbocycles. The minimum Gasteiger partial charge on any atom is -0.455 e. The number of aromatic nitrogens is 4. The summed E-state index contributed by atoms with van der Waals surface area (Å²) in [5.41, 5.74) is 12.1. The molecule has 0 aliphatic rings. The van der Waals surface area contributed by atoms with Crippen LogP contribution >= 0.6 is 0 Å². The number of hydrogen-bond acceptors (Lipinski definition) is 4. The summed E-state index contributed by atoms with van der Waals surface area (Å²) in [6.45, 7) is 4.25. The van der Waals surface area contributed by atoms with Crippen molar-refractivity contribution in [3.63, 3.8) is 0 Å². The van der Waals surface area contributed by atoms with E-state index in [1.807, 2.05) is 18.2 Å². The minimum atomic E-state index is 0.531. The third-order valence-corrected chi connectivity index (χ3v) is 12.6. The Morgan fingerprint density at radius 2 is 0.866 bits per heavy atom. The first kappa shape index (κ1) is 39.9. The van der Waals surface area contributed by atoms with Gasteiger partial charge in [0.2, 0.25) is 5.95 Å². The van der Waals surface area contributed by atoms with Crippen molar-refractivity contribution >= 4 is 65.3 Å². The smallest absolute Gasteiger partial charge is 0.238 e. The highest BCUT2D eigenvalue weighted by Gasteiger charge is 2.24. The van der Waals surface area contributed by atoms with Crippen molar-refractivity contribution in [1.82, 2.24) is 19.5 Å². The first-order chi connectivity index (χ1) is 33.1. The molecule has 0 radical (unpaired) electrons. The second kappa shape index (κ2) is 16.7.